The Morgan fingerprint density at radius 1 is 0.844 bits per heavy atom. The van der Waals surface area contributed by atoms with Gasteiger partial charge in [-0.25, -0.2) is 4.39 Å². The van der Waals surface area contributed by atoms with E-state index in [1.165, 1.54) is 51.0 Å². The summed E-state index contributed by atoms with van der Waals surface area (Å²) < 4.78 is 34.2. The Labute approximate surface area is 193 Å². The number of carbonyl (C=O) groups is 1. The van der Waals surface area contributed by atoms with Crippen LogP contribution in [-0.4, -0.2) is 5.97 Å². The molecular formula is C28H42F2O2. The summed E-state index contributed by atoms with van der Waals surface area (Å²) in [6, 6.07) is 2.98. The lowest BCUT2D eigenvalue weighted by atomic mass is 9.68. The third-order valence-electron chi connectivity index (χ3n) is 8.02. The largest absolute Gasteiger partial charge is 0.423 e. The van der Waals surface area contributed by atoms with Crippen LogP contribution in [-0.2, 0) is 11.2 Å². The lowest BCUT2D eigenvalue weighted by Crippen LogP contribution is -2.30. The summed E-state index contributed by atoms with van der Waals surface area (Å²) in [5.74, 6) is -0.322. The number of halogens is 2. The summed E-state index contributed by atoms with van der Waals surface area (Å²) in [6.07, 6.45) is 16.5. The Balaban J connectivity index is 1.45. The van der Waals surface area contributed by atoms with E-state index in [0.29, 0.717) is 17.9 Å². The van der Waals surface area contributed by atoms with Gasteiger partial charge in [0, 0.05) is 0 Å². The third kappa shape index (κ3) is 6.78. The van der Waals surface area contributed by atoms with Crippen molar-refractivity contribution in [3.05, 3.63) is 29.3 Å². The molecule has 0 radical (unpaired) electrons. The molecule has 3 rings (SSSR count). The smallest absolute Gasteiger partial charge is 0.314 e. The molecule has 0 amide bonds. The highest BCUT2D eigenvalue weighted by atomic mass is 19.2. The van der Waals surface area contributed by atoms with E-state index in [9.17, 15) is 13.6 Å². The molecule has 2 aliphatic rings. The molecule has 2 fully saturated rings. The van der Waals surface area contributed by atoms with Crippen LogP contribution in [0.2, 0.25) is 0 Å². The molecule has 1 aromatic rings. The van der Waals surface area contributed by atoms with Crippen molar-refractivity contribution in [1.29, 1.82) is 0 Å². The SMILES string of the molecule is CCCCCc1ccc(OC(=O)C2CCC(C3CCC(CCCC)CC3)CC2)c(F)c1F. The van der Waals surface area contributed by atoms with E-state index in [4.69, 9.17) is 4.74 Å². The number of hydrogen-bond acceptors (Lipinski definition) is 2. The molecule has 2 aliphatic carbocycles. The first kappa shape index (κ1) is 25.2. The fraction of sp³-hybridized carbons (Fsp3) is 0.750. The molecule has 0 atom stereocenters. The maximum atomic E-state index is 14.5. The number of benzene rings is 1. The molecular weight excluding hydrogens is 406 g/mol. The van der Waals surface area contributed by atoms with E-state index in [1.807, 2.05) is 0 Å². The van der Waals surface area contributed by atoms with E-state index in [2.05, 4.69) is 13.8 Å². The lowest BCUT2D eigenvalue weighted by Gasteiger charge is -2.37. The van der Waals surface area contributed by atoms with Gasteiger partial charge in [0.15, 0.2) is 11.6 Å². The first-order valence-corrected chi connectivity index (χ1v) is 13.2. The van der Waals surface area contributed by atoms with E-state index < -0.39 is 17.6 Å². The summed E-state index contributed by atoms with van der Waals surface area (Å²) >= 11 is 0. The van der Waals surface area contributed by atoms with Crippen LogP contribution in [0.3, 0.4) is 0 Å². The minimum atomic E-state index is -1.03. The van der Waals surface area contributed by atoms with Crippen LogP contribution in [0.1, 0.15) is 109 Å². The van der Waals surface area contributed by atoms with Crippen molar-refractivity contribution >= 4 is 5.97 Å². The molecule has 0 saturated heterocycles. The molecule has 2 saturated carbocycles. The van der Waals surface area contributed by atoms with Crippen molar-refractivity contribution in [3.63, 3.8) is 0 Å². The zero-order valence-electron chi connectivity index (χ0n) is 20.1. The normalized spacial score (nSPS) is 26.1. The number of unbranched alkanes of at least 4 members (excludes halogenated alkanes) is 3. The van der Waals surface area contributed by atoms with Gasteiger partial charge in [0.05, 0.1) is 5.92 Å². The van der Waals surface area contributed by atoms with Gasteiger partial charge >= 0.3 is 5.97 Å². The zero-order chi connectivity index (χ0) is 22.9. The molecule has 0 unspecified atom stereocenters. The second kappa shape index (κ2) is 12.7. The highest BCUT2D eigenvalue weighted by Crippen LogP contribution is 2.42. The van der Waals surface area contributed by atoms with Gasteiger partial charge < -0.3 is 4.74 Å². The quantitative estimate of drug-likeness (QED) is 0.204. The van der Waals surface area contributed by atoms with Gasteiger partial charge in [-0.1, -0.05) is 64.9 Å². The highest BCUT2D eigenvalue weighted by Gasteiger charge is 2.34. The fourth-order valence-electron chi connectivity index (χ4n) is 5.87. The average Bonchev–Trinajstić information content (AvgIpc) is 2.82. The molecule has 2 nitrogen and oxygen atoms in total. The van der Waals surface area contributed by atoms with Crippen LogP contribution in [0.15, 0.2) is 12.1 Å². The van der Waals surface area contributed by atoms with Crippen LogP contribution in [0.25, 0.3) is 0 Å². The Morgan fingerprint density at radius 2 is 1.47 bits per heavy atom. The molecule has 0 N–H and O–H groups in total. The molecule has 180 valence electrons. The molecule has 0 aromatic heterocycles. The first-order chi connectivity index (χ1) is 15.5. The van der Waals surface area contributed by atoms with Crippen molar-refractivity contribution in [2.24, 2.45) is 23.7 Å². The second-order valence-corrected chi connectivity index (χ2v) is 10.3. The van der Waals surface area contributed by atoms with Crippen LogP contribution in [0, 0.1) is 35.3 Å². The van der Waals surface area contributed by atoms with Gasteiger partial charge in [-0.2, -0.15) is 4.39 Å². The summed E-state index contributed by atoms with van der Waals surface area (Å²) in [5.41, 5.74) is 0.362. The van der Waals surface area contributed by atoms with Crippen LogP contribution >= 0.6 is 0 Å². The molecule has 32 heavy (non-hydrogen) atoms. The van der Waals surface area contributed by atoms with Gasteiger partial charge in [-0.05, 0) is 80.8 Å². The van der Waals surface area contributed by atoms with Crippen LogP contribution in [0.4, 0.5) is 8.78 Å². The number of aryl methyl sites for hydroxylation is 1. The monoisotopic (exact) mass is 448 g/mol. The van der Waals surface area contributed by atoms with Gasteiger partial charge in [0.2, 0.25) is 5.82 Å². The van der Waals surface area contributed by atoms with Crippen LogP contribution < -0.4 is 4.74 Å². The first-order valence-electron chi connectivity index (χ1n) is 13.2. The van der Waals surface area contributed by atoms with E-state index in [-0.39, 0.29) is 11.7 Å². The predicted octanol–water partition coefficient (Wildman–Crippen LogP) is 8.41. The van der Waals surface area contributed by atoms with Gasteiger partial charge in [0.1, 0.15) is 0 Å². The molecule has 0 spiro atoms. The van der Waals surface area contributed by atoms with Crippen LogP contribution in [0.5, 0.6) is 5.75 Å². The summed E-state index contributed by atoms with van der Waals surface area (Å²) in [7, 11) is 0. The van der Waals surface area contributed by atoms with Crippen molar-refractivity contribution in [3.8, 4) is 5.75 Å². The zero-order valence-corrected chi connectivity index (χ0v) is 20.1. The molecule has 4 heteroatoms. The molecule has 0 aliphatic heterocycles. The van der Waals surface area contributed by atoms with Crippen molar-refractivity contribution in [2.45, 2.75) is 110 Å². The maximum absolute atomic E-state index is 14.5. The summed E-state index contributed by atoms with van der Waals surface area (Å²) in [6.45, 7) is 4.34. The molecule has 1 aromatic carbocycles. The number of carbonyl (C=O) groups excluding carboxylic acids is 1. The summed E-state index contributed by atoms with van der Waals surface area (Å²) in [4.78, 5) is 12.6. The highest BCUT2D eigenvalue weighted by molar-refractivity contribution is 5.75. The minimum absolute atomic E-state index is 0.196. The molecule has 0 heterocycles. The standard InChI is InChI=1S/C28H42F2O2/c1-3-5-7-9-23-18-19-25(27(30)26(23)29)32-28(31)24-16-14-22(15-17-24)21-12-10-20(11-13-21)8-6-4-2/h18-22,24H,3-17H2,1-2H3. The topological polar surface area (TPSA) is 26.3 Å². The number of esters is 1. The van der Waals surface area contributed by atoms with Gasteiger partial charge in [0.25, 0.3) is 0 Å². The fourth-order valence-corrected chi connectivity index (χ4v) is 5.87. The van der Waals surface area contributed by atoms with Crippen molar-refractivity contribution < 1.29 is 18.3 Å². The Morgan fingerprint density at radius 3 is 2.09 bits per heavy atom. The third-order valence-corrected chi connectivity index (χ3v) is 8.02. The number of rotatable bonds is 10. The predicted molar refractivity (Wildman–Crippen MR) is 126 cm³/mol. The lowest BCUT2D eigenvalue weighted by molar-refractivity contribution is -0.140. The Kier molecular flexibility index (Phi) is 9.99. The van der Waals surface area contributed by atoms with E-state index in [1.54, 1.807) is 6.07 Å². The van der Waals surface area contributed by atoms with Crippen molar-refractivity contribution in [2.75, 3.05) is 0 Å². The number of hydrogen-bond donors (Lipinski definition) is 0. The van der Waals surface area contributed by atoms with Crippen molar-refractivity contribution in [1.82, 2.24) is 0 Å². The minimum Gasteiger partial charge on any atom is -0.423 e. The van der Waals surface area contributed by atoms with Gasteiger partial charge in [-0.3, -0.25) is 4.79 Å². The van der Waals surface area contributed by atoms with E-state index >= 15 is 0 Å². The Bertz CT molecular complexity index is 716. The second-order valence-electron chi connectivity index (χ2n) is 10.3. The van der Waals surface area contributed by atoms with Gasteiger partial charge in [-0.15, -0.1) is 0 Å². The summed E-state index contributed by atoms with van der Waals surface area (Å²) in [5, 5.41) is 0. The van der Waals surface area contributed by atoms with E-state index in [0.717, 1.165) is 56.8 Å². The Hall–Kier alpha value is -1.45. The molecule has 0 bridgehead atoms. The number of ether oxygens (including phenoxy) is 1. The average molecular weight is 449 g/mol. The maximum Gasteiger partial charge on any atom is 0.314 e.